The van der Waals surface area contributed by atoms with Crippen molar-refractivity contribution in [3.63, 3.8) is 0 Å². The molecule has 1 aliphatic carbocycles. The smallest absolute Gasteiger partial charge is 0.349 e. The van der Waals surface area contributed by atoms with Crippen LogP contribution in [0, 0.1) is 6.92 Å². The Kier molecular flexibility index (Phi) is 5.32. The zero-order valence-corrected chi connectivity index (χ0v) is 16.4. The lowest BCUT2D eigenvalue weighted by Crippen LogP contribution is -2.53. The highest BCUT2D eigenvalue weighted by Gasteiger charge is 2.35. The van der Waals surface area contributed by atoms with Crippen LogP contribution in [0.15, 0.2) is 39.5 Å². The third-order valence-corrected chi connectivity index (χ3v) is 5.71. The van der Waals surface area contributed by atoms with Crippen LogP contribution in [-0.2, 0) is 0 Å². The number of carbonyl (C=O) groups excluding carboxylic acids is 1. The first-order valence-electron chi connectivity index (χ1n) is 9.98. The maximum absolute atomic E-state index is 12.8. The number of benzene rings is 1. The van der Waals surface area contributed by atoms with Gasteiger partial charge in [-0.05, 0) is 43.5 Å². The number of hydrogen-bond acceptors (Lipinski definition) is 6. The average molecular weight is 399 g/mol. The minimum absolute atomic E-state index is 0.0377. The number of amides is 1. The Hall–Kier alpha value is -2.80. The Morgan fingerprint density at radius 1 is 1.21 bits per heavy atom. The Morgan fingerprint density at radius 3 is 2.62 bits per heavy atom. The van der Waals surface area contributed by atoms with E-state index in [0.717, 1.165) is 19.3 Å². The molecule has 1 amide bonds. The average Bonchev–Trinajstić information content (AvgIpc) is 2.73. The van der Waals surface area contributed by atoms with E-state index in [1.165, 1.54) is 0 Å². The topological polar surface area (TPSA) is 98.0 Å². The summed E-state index contributed by atoms with van der Waals surface area (Å²) in [7, 11) is 0. The van der Waals surface area contributed by atoms with Gasteiger partial charge in [0.15, 0.2) is 23.4 Å². The molecule has 2 N–H and O–H groups in total. The molecule has 2 aromatic rings. The van der Waals surface area contributed by atoms with Crippen molar-refractivity contribution >= 4 is 5.91 Å². The SMILES string of the molecule is Cc1cc(C2COc3ccccc3O2)oc(=O)c1C(=O)NC1(CO)CCCCC1. The Balaban J connectivity index is 1.56. The van der Waals surface area contributed by atoms with E-state index in [4.69, 9.17) is 13.9 Å². The number of aliphatic hydroxyl groups excluding tert-OH is 1. The number of aliphatic hydroxyl groups is 1. The number of para-hydroxylation sites is 2. The van der Waals surface area contributed by atoms with Crippen molar-refractivity contribution < 1.29 is 23.8 Å². The molecule has 2 aliphatic rings. The van der Waals surface area contributed by atoms with Gasteiger partial charge in [0.1, 0.15) is 12.2 Å². The number of ether oxygens (including phenoxy) is 2. The summed E-state index contributed by atoms with van der Waals surface area (Å²) in [5, 5.41) is 12.7. The van der Waals surface area contributed by atoms with Crippen molar-refractivity contribution in [3.8, 4) is 11.5 Å². The lowest BCUT2D eigenvalue weighted by molar-refractivity contribution is 0.0704. The predicted octanol–water partition coefficient (Wildman–Crippen LogP) is 2.89. The molecule has 1 fully saturated rings. The standard InChI is InChI=1S/C22H25NO6/c1-14-11-17(18-12-27-15-7-3-4-8-16(15)28-18)29-21(26)19(14)20(25)23-22(13-24)9-5-2-6-10-22/h3-4,7-8,11,18,24H,2,5-6,9-10,12-13H2,1H3,(H,23,25). The molecular formula is C22H25NO6. The normalized spacial score (nSPS) is 20.1. The minimum atomic E-state index is -0.719. The summed E-state index contributed by atoms with van der Waals surface area (Å²) in [5.41, 5.74) is -0.926. The van der Waals surface area contributed by atoms with E-state index >= 15 is 0 Å². The molecule has 0 radical (unpaired) electrons. The summed E-state index contributed by atoms with van der Waals surface area (Å²) in [5.74, 6) is 1.02. The van der Waals surface area contributed by atoms with Crippen LogP contribution in [0.4, 0.5) is 0 Å². The molecule has 1 aliphatic heterocycles. The van der Waals surface area contributed by atoms with E-state index in [1.54, 1.807) is 19.1 Å². The summed E-state index contributed by atoms with van der Waals surface area (Å²) in [6, 6.07) is 8.92. The van der Waals surface area contributed by atoms with Gasteiger partial charge in [0, 0.05) is 0 Å². The van der Waals surface area contributed by atoms with Crippen molar-refractivity contribution in [2.24, 2.45) is 0 Å². The van der Waals surface area contributed by atoms with Crippen LogP contribution in [-0.4, -0.2) is 29.8 Å². The van der Waals surface area contributed by atoms with Crippen LogP contribution >= 0.6 is 0 Å². The zero-order valence-electron chi connectivity index (χ0n) is 16.4. The van der Waals surface area contributed by atoms with Gasteiger partial charge < -0.3 is 24.3 Å². The van der Waals surface area contributed by atoms with Gasteiger partial charge in [-0.15, -0.1) is 0 Å². The van der Waals surface area contributed by atoms with Crippen molar-refractivity contribution in [3.05, 3.63) is 57.6 Å². The largest absolute Gasteiger partial charge is 0.485 e. The molecule has 1 aromatic carbocycles. The fraction of sp³-hybridized carbons (Fsp3) is 0.455. The summed E-state index contributed by atoms with van der Waals surface area (Å²) >= 11 is 0. The van der Waals surface area contributed by atoms with Crippen molar-refractivity contribution in [1.82, 2.24) is 5.32 Å². The van der Waals surface area contributed by atoms with Gasteiger partial charge in [-0.1, -0.05) is 31.4 Å². The maximum atomic E-state index is 12.8. The number of hydrogen-bond donors (Lipinski definition) is 2. The van der Waals surface area contributed by atoms with E-state index in [9.17, 15) is 14.7 Å². The lowest BCUT2D eigenvalue weighted by Gasteiger charge is -2.36. The van der Waals surface area contributed by atoms with Gasteiger partial charge >= 0.3 is 5.63 Å². The molecule has 1 aromatic heterocycles. The van der Waals surface area contributed by atoms with Gasteiger partial charge in [-0.2, -0.15) is 0 Å². The quantitative estimate of drug-likeness (QED) is 0.820. The fourth-order valence-corrected chi connectivity index (χ4v) is 4.08. The third kappa shape index (κ3) is 3.87. The van der Waals surface area contributed by atoms with Gasteiger partial charge in [0.25, 0.3) is 5.91 Å². The molecule has 1 unspecified atom stereocenters. The highest BCUT2D eigenvalue weighted by atomic mass is 16.6. The van der Waals surface area contributed by atoms with Crippen molar-refractivity contribution in [1.29, 1.82) is 0 Å². The Morgan fingerprint density at radius 2 is 1.93 bits per heavy atom. The van der Waals surface area contributed by atoms with Crippen LogP contribution < -0.4 is 20.4 Å². The van der Waals surface area contributed by atoms with E-state index in [2.05, 4.69) is 5.32 Å². The second-order valence-corrected chi connectivity index (χ2v) is 7.81. The van der Waals surface area contributed by atoms with Crippen LogP contribution in [0.5, 0.6) is 11.5 Å². The maximum Gasteiger partial charge on any atom is 0.349 e. The first-order valence-corrected chi connectivity index (χ1v) is 9.98. The van der Waals surface area contributed by atoms with Crippen LogP contribution in [0.1, 0.15) is 59.9 Å². The summed E-state index contributed by atoms with van der Waals surface area (Å²) in [6.45, 7) is 1.76. The van der Waals surface area contributed by atoms with E-state index in [1.807, 2.05) is 18.2 Å². The fourth-order valence-electron chi connectivity index (χ4n) is 4.08. The predicted molar refractivity (Wildman–Crippen MR) is 105 cm³/mol. The van der Waals surface area contributed by atoms with Gasteiger partial charge in [0.2, 0.25) is 0 Å². The number of rotatable bonds is 4. The molecular weight excluding hydrogens is 374 g/mol. The first-order chi connectivity index (χ1) is 14.0. The zero-order chi connectivity index (χ0) is 20.4. The second-order valence-electron chi connectivity index (χ2n) is 7.81. The molecule has 2 heterocycles. The molecule has 4 rings (SSSR count). The molecule has 29 heavy (non-hydrogen) atoms. The monoisotopic (exact) mass is 399 g/mol. The van der Waals surface area contributed by atoms with Crippen LogP contribution in [0.2, 0.25) is 0 Å². The van der Waals surface area contributed by atoms with E-state index in [0.29, 0.717) is 35.7 Å². The van der Waals surface area contributed by atoms with E-state index < -0.39 is 23.2 Å². The molecule has 154 valence electrons. The van der Waals surface area contributed by atoms with Gasteiger partial charge in [-0.3, -0.25) is 4.79 Å². The van der Waals surface area contributed by atoms with Gasteiger partial charge in [-0.25, -0.2) is 4.79 Å². The van der Waals surface area contributed by atoms with Crippen molar-refractivity contribution in [2.75, 3.05) is 13.2 Å². The van der Waals surface area contributed by atoms with Gasteiger partial charge in [0.05, 0.1) is 12.1 Å². The highest BCUT2D eigenvalue weighted by molar-refractivity contribution is 5.95. The van der Waals surface area contributed by atoms with E-state index in [-0.39, 0.29) is 18.8 Å². The summed E-state index contributed by atoms with van der Waals surface area (Å²) < 4.78 is 17.0. The molecule has 0 spiro atoms. The minimum Gasteiger partial charge on any atom is -0.485 e. The molecule has 1 saturated carbocycles. The van der Waals surface area contributed by atoms with Crippen molar-refractivity contribution in [2.45, 2.75) is 50.7 Å². The second kappa shape index (κ2) is 7.91. The molecule has 7 nitrogen and oxygen atoms in total. The van der Waals surface area contributed by atoms with Crippen LogP contribution in [0.25, 0.3) is 0 Å². The molecule has 7 heteroatoms. The third-order valence-electron chi connectivity index (χ3n) is 5.71. The summed E-state index contributed by atoms with van der Waals surface area (Å²) in [6.07, 6.45) is 3.78. The Bertz CT molecular complexity index is 960. The lowest BCUT2D eigenvalue weighted by atomic mass is 9.82. The highest BCUT2D eigenvalue weighted by Crippen LogP contribution is 2.36. The number of nitrogens with one attached hydrogen (secondary N) is 1. The molecule has 0 saturated heterocycles. The van der Waals surface area contributed by atoms with Crippen LogP contribution in [0.3, 0.4) is 0 Å². The first kappa shape index (κ1) is 19.5. The number of aryl methyl sites for hydroxylation is 1. The number of carbonyl (C=O) groups is 1. The number of fused-ring (bicyclic) bond motifs is 1. The molecule has 1 atom stereocenters. The molecule has 0 bridgehead atoms. The summed E-state index contributed by atoms with van der Waals surface area (Å²) in [4.78, 5) is 25.5. The Labute approximate surface area is 168 Å².